The van der Waals surface area contributed by atoms with Crippen LogP contribution in [0.3, 0.4) is 0 Å². The van der Waals surface area contributed by atoms with Gasteiger partial charge in [-0.15, -0.1) is 0 Å². The van der Waals surface area contributed by atoms with E-state index < -0.39 is 5.97 Å². The highest BCUT2D eigenvalue weighted by atomic mass is 16.5. The molecule has 19 heavy (non-hydrogen) atoms. The fraction of sp³-hybridized carbons (Fsp3) is 0.231. The van der Waals surface area contributed by atoms with Crippen LogP contribution in [-0.2, 0) is 6.42 Å². The maximum atomic E-state index is 10.9. The third-order valence-electron chi connectivity index (χ3n) is 2.66. The predicted molar refractivity (Wildman–Crippen MR) is 65.8 cm³/mol. The lowest BCUT2D eigenvalue weighted by Gasteiger charge is -2.08. The van der Waals surface area contributed by atoms with Crippen molar-refractivity contribution in [3.63, 3.8) is 0 Å². The smallest absolute Gasteiger partial charge is 0.358 e. The molecule has 1 aromatic carbocycles. The van der Waals surface area contributed by atoms with E-state index in [4.69, 9.17) is 19.0 Å². The Hall–Kier alpha value is -2.50. The Morgan fingerprint density at radius 1 is 1.32 bits per heavy atom. The Morgan fingerprint density at radius 3 is 2.68 bits per heavy atom. The van der Waals surface area contributed by atoms with Gasteiger partial charge in [-0.3, -0.25) is 0 Å². The zero-order valence-electron chi connectivity index (χ0n) is 10.5. The van der Waals surface area contributed by atoms with Gasteiger partial charge in [-0.25, -0.2) is 9.78 Å². The number of carboxylic acid groups (broad SMARTS) is 1. The number of methoxy groups -OCH3 is 2. The molecule has 1 aromatic heterocycles. The molecule has 0 radical (unpaired) electrons. The molecule has 0 unspecified atom stereocenters. The summed E-state index contributed by atoms with van der Waals surface area (Å²) in [5.74, 6) is 0.391. The molecule has 0 aliphatic rings. The minimum atomic E-state index is -1.11. The third kappa shape index (κ3) is 2.67. The molecule has 0 bridgehead atoms. The van der Waals surface area contributed by atoms with E-state index in [2.05, 4.69) is 4.98 Å². The molecule has 0 atom stereocenters. The molecule has 1 heterocycles. The third-order valence-corrected chi connectivity index (χ3v) is 2.66. The molecular formula is C13H13NO5. The van der Waals surface area contributed by atoms with E-state index in [0.29, 0.717) is 23.7 Å². The van der Waals surface area contributed by atoms with Crippen molar-refractivity contribution in [2.24, 2.45) is 0 Å². The summed E-state index contributed by atoms with van der Waals surface area (Å²) in [6, 6.07) is 5.34. The molecule has 0 amide bonds. The van der Waals surface area contributed by atoms with Crippen LogP contribution in [0.15, 0.2) is 29.0 Å². The van der Waals surface area contributed by atoms with Crippen molar-refractivity contribution in [3.8, 4) is 11.5 Å². The van der Waals surface area contributed by atoms with Crippen LogP contribution in [0, 0.1) is 0 Å². The average Bonchev–Trinajstić information content (AvgIpc) is 2.87. The number of aromatic carboxylic acids is 1. The Balaban J connectivity index is 2.28. The van der Waals surface area contributed by atoms with Crippen LogP contribution in [0.2, 0.25) is 0 Å². The van der Waals surface area contributed by atoms with E-state index >= 15 is 0 Å². The van der Waals surface area contributed by atoms with Crippen LogP contribution < -0.4 is 9.47 Å². The van der Waals surface area contributed by atoms with Crippen molar-refractivity contribution >= 4 is 5.97 Å². The molecule has 2 aromatic rings. The van der Waals surface area contributed by atoms with Gasteiger partial charge < -0.3 is 19.0 Å². The molecule has 0 spiro atoms. The number of hydrogen-bond acceptors (Lipinski definition) is 5. The first-order valence-electron chi connectivity index (χ1n) is 5.52. The van der Waals surface area contributed by atoms with Gasteiger partial charge in [0.25, 0.3) is 0 Å². The van der Waals surface area contributed by atoms with Crippen LogP contribution in [0.25, 0.3) is 0 Å². The van der Waals surface area contributed by atoms with Crippen molar-refractivity contribution in [2.75, 3.05) is 14.2 Å². The van der Waals surface area contributed by atoms with Gasteiger partial charge in [-0.2, -0.15) is 0 Å². The number of benzene rings is 1. The standard InChI is InChI=1S/C13H13NO5/c1-17-9-4-3-8(5-10(9)18-2)6-11-12(13(15)16)14-7-19-11/h3-5,7H,6H2,1-2H3,(H,15,16). The van der Waals surface area contributed by atoms with E-state index in [1.54, 1.807) is 26.4 Å². The molecule has 0 fully saturated rings. The van der Waals surface area contributed by atoms with Gasteiger partial charge in [0.2, 0.25) is 0 Å². The molecule has 0 saturated carbocycles. The van der Waals surface area contributed by atoms with Gasteiger partial charge in [0, 0.05) is 6.42 Å². The van der Waals surface area contributed by atoms with Crippen molar-refractivity contribution in [2.45, 2.75) is 6.42 Å². The van der Waals surface area contributed by atoms with Crippen molar-refractivity contribution in [3.05, 3.63) is 41.6 Å². The number of hydrogen-bond donors (Lipinski definition) is 1. The summed E-state index contributed by atoms with van der Waals surface area (Å²) in [7, 11) is 3.09. The number of rotatable bonds is 5. The largest absolute Gasteiger partial charge is 0.493 e. The van der Waals surface area contributed by atoms with Crippen LogP contribution in [0.5, 0.6) is 11.5 Å². The first-order valence-corrected chi connectivity index (χ1v) is 5.52. The van der Waals surface area contributed by atoms with Crippen molar-refractivity contribution < 1.29 is 23.8 Å². The highest BCUT2D eigenvalue weighted by molar-refractivity contribution is 5.86. The molecule has 1 N–H and O–H groups in total. The number of oxazole rings is 1. The molecule has 6 nitrogen and oxygen atoms in total. The lowest BCUT2D eigenvalue weighted by molar-refractivity contribution is 0.0689. The molecule has 2 rings (SSSR count). The zero-order valence-corrected chi connectivity index (χ0v) is 10.5. The Bertz CT molecular complexity index is 590. The lowest BCUT2D eigenvalue weighted by Crippen LogP contribution is -2.02. The van der Waals surface area contributed by atoms with Crippen LogP contribution in [-0.4, -0.2) is 30.3 Å². The first kappa shape index (κ1) is 12.9. The highest BCUT2D eigenvalue weighted by Gasteiger charge is 2.16. The summed E-state index contributed by atoms with van der Waals surface area (Å²) in [6.07, 6.45) is 1.45. The van der Waals surface area contributed by atoms with Crippen molar-refractivity contribution in [1.29, 1.82) is 0 Å². The fourth-order valence-electron chi connectivity index (χ4n) is 1.75. The van der Waals surface area contributed by atoms with Gasteiger partial charge in [0.05, 0.1) is 14.2 Å². The van der Waals surface area contributed by atoms with Gasteiger partial charge in [-0.05, 0) is 17.7 Å². The van der Waals surface area contributed by atoms with E-state index in [1.165, 1.54) is 0 Å². The molecule has 100 valence electrons. The number of carbonyl (C=O) groups is 1. The van der Waals surface area contributed by atoms with E-state index in [9.17, 15) is 4.79 Å². The summed E-state index contributed by atoms with van der Waals surface area (Å²) >= 11 is 0. The minimum Gasteiger partial charge on any atom is -0.493 e. The van der Waals surface area contributed by atoms with E-state index in [0.717, 1.165) is 12.0 Å². The maximum absolute atomic E-state index is 10.9. The van der Waals surface area contributed by atoms with Gasteiger partial charge in [0.1, 0.15) is 5.76 Å². The fourth-order valence-corrected chi connectivity index (χ4v) is 1.75. The minimum absolute atomic E-state index is 0.0743. The molecule has 0 aliphatic carbocycles. The predicted octanol–water partition coefficient (Wildman–Crippen LogP) is 1.98. The molecule has 0 aliphatic heterocycles. The summed E-state index contributed by atoms with van der Waals surface area (Å²) < 4.78 is 15.4. The van der Waals surface area contributed by atoms with Crippen LogP contribution in [0.4, 0.5) is 0 Å². The Labute approximate surface area is 109 Å². The second-order valence-corrected chi connectivity index (χ2v) is 3.80. The number of aromatic nitrogens is 1. The molecule has 0 saturated heterocycles. The topological polar surface area (TPSA) is 81.8 Å². The highest BCUT2D eigenvalue weighted by Crippen LogP contribution is 2.28. The summed E-state index contributed by atoms with van der Waals surface area (Å²) in [4.78, 5) is 14.6. The van der Waals surface area contributed by atoms with Crippen LogP contribution >= 0.6 is 0 Å². The average molecular weight is 263 g/mol. The van der Waals surface area contributed by atoms with E-state index in [1.807, 2.05) is 6.07 Å². The van der Waals surface area contributed by atoms with E-state index in [-0.39, 0.29) is 5.69 Å². The maximum Gasteiger partial charge on any atom is 0.358 e. The number of nitrogens with zero attached hydrogens (tertiary/aromatic N) is 1. The Kier molecular flexibility index (Phi) is 3.70. The number of ether oxygens (including phenoxy) is 2. The van der Waals surface area contributed by atoms with Gasteiger partial charge >= 0.3 is 5.97 Å². The van der Waals surface area contributed by atoms with Crippen molar-refractivity contribution in [1.82, 2.24) is 4.98 Å². The monoisotopic (exact) mass is 263 g/mol. The van der Waals surface area contributed by atoms with Gasteiger partial charge in [0.15, 0.2) is 23.6 Å². The summed E-state index contributed by atoms with van der Waals surface area (Å²) in [6.45, 7) is 0. The summed E-state index contributed by atoms with van der Waals surface area (Å²) in [5, 5.41) is 8.95. The zero-order chi connectivity index (χ0) is 13.8. The second-order valence-electron chi connectivity index (χ2n) is 3.80. The van der Waals surface area contributed by atoms with Gasteiger partial charge in [-0.1, -0.05) is 6.07 Å². The first-order chi connectivity index (χ1) is 9.15. The summed E-state index contributed by atoms with van der Waals surface area (Å²) in [5.41, 5.74) is 0.770. The lowest BCUT2D eigenvalue weighted by atomic mass is 10.1. The molecular weight excluding hydrogens is 250 g/mol. The normalized spacial score (nSPS) is 10.2. The Morgan fingerprint density at radius 2 is 2.05 bits per heavy atom. The molecule has 6 heteroatoms. The SMILES string of the molecule is COc1ccc(Cc2ocnc2C(=O)O)cc1OC. The van der Waals surface area contributed by atoms with Crippen LogP contribution in [0.1, 0.15) is 21.8 Å². The second kappa shape index (κ2) is 5.43. The quantitative estimate of drug-likeness (QED) is 0.888. The number of carboxylic acids is 1.